The van der Waals surface area contributed by atoms with E-state index in [1.165, 1.54) is 24.4 Å². The van der Waals surface area contributed by atoms with Crippen LogP contribution in [0.5, 0.6) is 5.75 Å². The maximum Gasteiger partial charge on any atom is 0.256 e. The Bertz CT molecular complexity index is 910. The van der Waals surface area contributed by atoms with Crippen molar-refractivity contribution in [1.82, 2.24) is 4.98 Å². The van der Waals surface area contributed by atoms with Gasteiger partial charge in [0.15, 0.2) is 0 Å². The Hall–Kier alpha value is -3.48. The molecule has 0 radical (unpaired) electrons. The van der Waals surface area contributed by atoms with E-state index in [0.717, 1.165) is 17.8 Å². The highest BCUT2D eigenvalue weighted by molar-refractivity contribution is 6.04. The van der Waals surface area contributed by atoms with Crippen LogP contribution in [0.1, 0.15) is 10.4 Å². The molecule has 26 heavy (non-hydrogen) atoms. The van der Waals surface area contributed by atoms with E-state index in [2.05, 4.69) is 15.6 Å². The molecule has 132 valence electrons. The Morgan fingerprint density at radius 3 is 2.38 bits per heavy atom. The molecule has 0 bridgehead atoms. The van der Waals surface area contributed by atoms with Crippen LogP contribution in [0.25, 0.3) is 0 Å². The zero-order valence-corrected chi connectivity index (χ0v) is 13.8. The van der Waals surface area contributed by atoms with E-state index in [4.69, 9.17) is 4.74 Å². The number of methoxy groups -OCH3 is 1. The third kappa shape index (κ3) is 3.94. The molecule has 3 aromatic rings. The molecule has 0 atom stereocenters. The van der Waals surface area contributed by atoms with Crippen molar-refractivity contribution >= 4 is 23.1 Å². The van der Waals surface area contributed by atoms with Crippen LogP contribution in [-0.4, -0.2) is 18.0 Å². The number of benzene rings is 2. The van der Waals surface area contributed by atoms with Crippen molar-refractivity contribution in [3.05, 3.63) is 78.0 Å². The Kier molecular flexibility index (Phi) is 5.07. The van der Waals surface area contributed by atoms with E-state index >= 15 is 0 Å². The molecule has 0 spiro atoms. The molecule has 3 rings (SSSR count). The molecule has 0 aliphatic carbocycles. The summed E-state index contributed by atoms with van der Waals surface area (Å²) in [7, 11) is 1.57. The number of aromatic nitrogens is 1. The average molecular weight is 355 g/mol. The maximum atomic E-state index is 13.7. The predicted octanol–water partition coefficient (Wildman–Crippen LogP) is 4.36. The highest BCUT2D eigenvalue weighted by Gasteiger charge is 2.14. The number of amides is 1. The van der Waals surface area contributed by atoms with Gasteiger partial charge in [-0.15, -0.1) is 0 Å². The first-order valence-electron chi connectivity index (χ1n) is 7.69. The third-order valence-electron chi connectivity index (χ3n) is 3.59. The number of anilines is 3. The molecule has 1 aromatic heterocycles. The van der Waals surface area contributed by atoms with Crippen LogP contribution < -0.4 is 15.4 Å². The van der Waals surface area contributed by atoms with Crippen molar-refractivity contribution in [3.63, 3.8) is 0 Å². The van der Waals surface area contributed by atoms with Crippen molar-refractivity contribution in [2.45, 2.75) is 0 Å². The molecule has 0 saturated carbocycles. The molecule has 1 heterocycles. The standard InChI is InChI=1S/C19H15F2N3O2/c1-26-14-7-5-13(6-8-14)23-17-11-12(9-10-22-17)19(25)24-18-15(20)3-2-4-16(18)21/h2-11H,1H3,(H,22,23)(H,24,25). The van der Waals surface area contributed by atoms with Gasteiger partial charge in [-0.1, -0.05) is 6.07 Å². The number of nitrogens with one attached hydrogen (secondary N) is 2. The number of nitrogens with zero attached hydrogens (tertiary/aromatic N) is 1. The molecule has 7 heteroatoms. The van der Waals surface area contributed by atoms with Crippen LogP contribution in [0.3, 0.4) is 0 Å². The number of halogens is 2. The SMILES string of the molecule is COc1ccc(Nc2cc(C(=O)Nc3c(F)cccc3F)ccn2)cc1. The third-order valence-corrected chi connectivity index (χ3v) is 3.59. The zero-order valence-electron chi connectivity index (χ0n) is 13.8. The number of carbonyl (C=O) groups excluding carboxylic acids is 1. The Morgan fingerprint density at radius 2 is 1.73 bits per heavy atom. The van der Waals surface area contributed by atoms with Gasteiger partial charge in [-0.25, -0.2) is 13.8 Å². The minimum absolute atomic E-state index is 0.207. The Balaban J connectivity index is 1.76. The minimum Gasteiger partial charge on any atom is -0.497 e. The van der Waals surface area contributed by atoms with Crippen LogP contribution >= 0.6 is 0 Å². The van der Waals surface area contributed by atoms with Gasteiger partial charge in [0.25, 0.3) is 5.91 Å². The van der Waals surface area contributed by atoms with Crippen LogP contribution in [-0.2, 0) is 0 Å². The molecule has 0 aliphatic heterocycles. The molecule has 2 aromatic carbocycles. The molecular formula is C19H15F2N3O2. The first-order chi connectivity index (χ1) is 12.6. The Labute approximate surface area is 148 Å². The van der Waals surface area contributed by atoms with Gasteiger partial charge in [0.1, 0.15) is 28.9 Å². The molecule has 2 N–H and O–H groups in total. The van der Waals surface area contributed by atoms with Crippen molar-refractivity contribution in [3.8, 4) is 5.75 Å². The fourth-order valence-corrected chi connectivity index (χ4v) is 2.27. The van der Waals surface area contributed by atoms with E-state index < -0.39 is 23.2 Å². The normalized spacial score (nSPS) is 10.3. The first-order valence-corrected chi connectivity index (χ1v) is 7.69. The summed E-state index contributed by atoms with van der Waals surface area (Å²) >= 11 is 0. The maximum absolute atomic E-state index is 13.7. The van der Waals surface area contributed by atoms with E-state index in [0.29, 0.717) is 11.6 Å². The lowest BCUT2D eigenvalue weighted by atomic mass is 10.2. The number of hydrogen-bond donors (Lipinski definition) is 2. The lowest BCUT2D eigenvalue weighted by Crippen LogP contribution is -2.14. The van der Waals surface area contributed by atoms with Crippen LogP contribution in [0.2, 0.25) is 0 Å². The van der Waals surface area contributed by atoms with Gasteiger partial charge in [0.2, 0.25) is 0 Å². The Morgan fingerprint density at radius 1 is 1.04 bits per heavy atom. The van der Waals surface area contributed by atoms with E-state index in [-0.39, 0.29) is 5.56 Å². The second-order valence-corrected chi connectivity index (χ2v) is 5.33. The summed E-state index contributed by atoms with van der Waals surface area (Å²) in [4.78, 5) is 16.4. The smallest absolute Gasteiger partial charge is 0.256 e. The number of rotatable bonds is 5. The van der Waals surface area contributed by atoms with Crippen LogP contribution in [0.15, 0.2) is 60.8 Å². The molecule has 1 amide bonds. The quantitative estimate of drug-likeness (QED) is 0.714. The summed E-state index contributed by atoms with van der Waals surface area (Å²) in [5.74, 6) is -1.21. The highest BCUT2D eigenvalue weighted by Crippen LogP contribution is 2.21. The largest absolute Gasteiger partial charge is 0.497 e. The second kappa shape index (κ2) is 7.60. The summed E-state index contributed by atoms with van der Waals surface area (Å²) < 4.78 is 32.4. The van der Waals surface area contributed by atoms with Gasteiger partial charge in [-0.05, 0) is 48.5 Å². The molecule has 0 fully saturated rings. The zero-order chi connectivity index (χ0) is 18.5. The van der Waals surface area contributed by atoms with Crippen molar-refractivity contribution < 1.29 is 18.3 Å². The van der Waals surface area contributed by atoms with Gasteiger partial charge >= 0.3 is 0 Å². The molecule has 0 saturated heterocycles. The summed E-state index contributed by atoms with van der Waals surface area (Å²) in [6.45, 7) is 0. The number of pyridine rings is 1. The van der Waals surface area contributed by atoms with E-state index in [1.54, 1.807) is 31.4 Å². The van der Waals surface area contributed by atoms with Crippen LogP contribution in [0.4, 0.5) is 26.0 Å². The predicted molar refractivity (Wildman–Crippen MR) is 94.8 cm³/mol. The van der Waals surface area contributed by atoms with Crippen molar-refractivity contribution in [2.75, 3.05) is 17.7 Å². The summed E-state index contributed by atoms with van der Waals surface area (Å²) in [6, 6.07) is 13.4. The fraction of sp³-hybridized carbons (Fsp3) is 0.0526. The first kappa shape index (κ1) is 17.3. The van der Waals surface area contributed by atoms with Gasteiger partial charge in [0, 0.05) is 17.4 Å². The van der Waals surface area contributed by atoms with Crippen LogP contribution in [0, 0.1) is 11.6 Å². The van der Waals surface area contributed by atoms with E-state index in [1.807, 2.05) is 0 Å². The summed E-state index contributed by atoms with van der Waals surface area (Å²) in [6.07, 6.45) is 1.43. The van der Waals surface area contributed by atoms with Crippen molar-refractivity contribution in [2.24, 2.45) is 0 Å². The van der Waals surface area contributed by atoms with Gasteiger partial charge < -0.3 is 15.4 Å². The van der Waals surface area contributed by atoms with Gasteiger partial charge in [-0.2, -0.15) is 0 Å². The average Bonchev–Trinajstić information content (AvgIpc) is 2.65. The van der Waals surface area contributed by atoms with Gasteiger partial charge in [0.05, 0.1) is 7.11 Å². The number of ether oxygens (including phenoxy) is 1. The lowest BCUT2D eigenvalue weighted by molar-refractivity contribution is 0.102. The highest BCUT2D eigenvalue weighted by atomic mass is 19.1. The molecule has 0 aliphatic rings. The second-order valence-electron chi connectivity index (χ2n) is 5.33. The van der Waals surface area contributed by atoms with Crippen molar-refractivity contribution in [1.29, 1.82) is 0 Å². The molecular weight excluding hydrogens is 340 g/mol. The fourth-order valence-electron chi connectivity index (χ4n) is 2.27. The number of carbonyl (C=O) groups is 1. The molecule has 0 unspecified atom stereocenters. The summed E-state index contributed by atoms with van der Waals surface area (Å²) in [5.41, 5.74) is 0.466. The number of hydrogen-bond acceptors (Lipinski definition) is 4. The summed E-state index contributed by atoms with van der Waals surface area (Å²) in [5, 5.41) is 5.28. The monoisotopic (exact) mass is 355 g/mol. The topological polar surface area (TPSA) is 63.2 Å². The minimum atomic E-state index is -0.844. The number of para-hydroxylation sites is 1. The van der Waals surface area contributed by atoms with Gasteiger partial charge in [-0.3, -0.25) is 4.79 Å². The molecule has 5 nitrogen and oxygen atoms in total. The van der Waals surface area contributed by atoms with E-state index in [9.17, 15) is 13.6 Å². The lowest BCUT2D eigenvalue weighted by Gasteiger charge is -2.10.